The summed E-state index contributed by atoms with van der Waals surface area (Å²) in [6.07, 6.45) is -1.17. The molecule has 0 aliphatic carbocycles. The molecule has 0 saturated carbocycles. The van der Waals surface area contributed by atoms with Crippen LogP contribution >= 0.6 is 0 Å². The first kappa shape index (κ1) is 11.7. The zero-order chi connectivity index (χ0) is 12.5. The average molecular weight is 241 g/mol. The zero-order valence-electron chi connectivity index (χ0n) is 8.70. The second-order valence-electron chi connectivity index (χ2n) is 3.57. The second-order valence-corrected chi connectivity index (χ2v) is 3.57. The van der Waals surface area contributed by atoms with Gasteiger partial charge in [-0.1, -0.05) is 12.1 Å². The zero-order valence-corrected chi connectivity index (χ0v) is 8.70. The van der Waals surface area contributed by atoms with Gasteiger partial charge in [-0.05, 0) is 17.7 Å². The number of aromatic amines is 1. The molecule has 3 N–H and O–H groups in total. The molecule has 2 rings (SSSR count). The van der Waals surface area contributed by atoms with Crippen molar-refractivity contribution in [2.75, 3.05) is 0 Å². The minimum Gasteiger partial charge on any atom is -0.347 e. The van der Waals surface area contributed by atoms with Gasteiger partial charge in [-0.15, -0.1) is 0 Å². The van der Waals surface area contributed by atoms with Crippen LogP contribution < -0.4 is 5.73 Å². The highest BCUT2D eigenvalue weighted by Gasteiger charge is 2.30. The van der Waals surface area contributed by atoms with Crippen molar-refractivity contribution in [3.8, 4) is 0 Å². The molecule has 0 bridgehead atoms. The fraction of sp³-hybridized carbons (Fsp3) is 0.182. The Kier molecular flexibility index (Phi) is 2.89. The predicted molar refractivity (Wildman–Crippen MR) is 56.1 cm³/mol. The lowest BCUT2D eigenvalue weighted by molar-refractivity contribution is -0.137. The van der Waals surface area contributed by atoms with Gasteiger partial charge < -0.3 is 10.7 Å². The van der Waals surface area contributed by atoms with Gasteiger partial charge in [0.15, 0.2) is 0 Å². The number of hydrogen-bond donors (Lipinski definition) is 2. The molecule has 0 aliphatic rings. The minimum atomic E-state index is -4.33. The van der Waals surface area contributed by atoms with Gasteiger partial charge in [-0.2, -0.15) is 13.2 Å². The number of halogens is 3. The van der Waals surface area contributed by atoms with Gasteiger partial charge in [0.2, 0.25) is 0 Å². The molecule has 1 unspecified atom stereocenters. The summed E-state index contributed by atoms with van der Waals surface area (Å²) in [5.74, 6) is 0.518. The Bertz CT molecular complexity index is 474. The molecule has 90 valence electrons. The summed E-state index contributed by atoms with van der Waals surface area (Å²) in [5, 5.41) is 0. The summed E-state index contributed by atoms with van der Waals surface area (Å²) in [6, 6.07) is 4.19. The number of imidazole rings is 1. The molecule has 1 aromatic carbocycles. The van der Waals surface area contributed by atoms with Crippen LogP contribution in [-0.2, 0) is 6.18 Å². The van der Waals surface area contributed by atoms with Gasteiger partial charge in [-0.3, -0.25) is 0 Å². The molecule has 2 aromatic rings. The molecule has 0 amide bonds. The average Bonchev–Trinajstić information content (AvgIpc) is 2.80. The maximum absolute atomic E-state index is 12.3. The highest BCUT2D eigenvalue weighted by atomic mass is 19.4. The first-order valence-electron chi connectivity index (χ1n) is 4.90. The van der Waals surface area contributed by atoms with E-state index < -0.39 is 17.8 Å². The minimum absolute atomic E-state index is 0.518. The summed E-state index contributed by atoms with van der Waals surface area (Å²) in [5.41, 5.74) is 5.73. The third kappa shape index (κ3) is 2.47. The topological polar surface area (TPSA) is 54.7 Å². The van der Waals surface area contributed by atoms with Crippen LogP contribution in [0.5, 0.6) is 0 Å². The summed E-state index contributed by atoms with van der Waals surface area (Å²) in [6.45, 7) is 0. The fourth-order valence-corrected chi connectivity index (χ4v) is 1.48. The summed E-state index contributed by atoms with van der Waals surface area (Å²) in [4.78, 5) is 6.78. The Balaban J connectivity index is 2.24. The number of alkyl halides is 3. The lowest BCUT2D eigenvalue weighted by Crippen LogP contribution is -2.14. The van der Waals surface area contributed by atoms with E-state index in [1.165, 1.54) is 12.1 Å². The summed E-state index contributed by atoms with van der Waals surface area (Å²) in [7, 11) is 0. The summed E-state index contributed by atoms with van der Waals surface area (Å²) >= 11 is 0. The smallest absolute Gasteiger partial charge is 0.347 e. The van der Waals surface area contributed by atoms with E-state index in [2.05, 4.69) is 9.97 Å². The quantitative estimate of drug-likeness (QED) is 0.848. The van der Waals surface area contributed by atoms with Crippen LogP contribution in [0.2, 0.25) is 0 Å². The van der Waals surface area contributed by atoms with E-state index in [1.807, 2.05) is 0 Å². The van der Waals surface area contributed by atoms with E-state index in [1.54, 1.807) is 12.4 Å². The molecular formula is C11H10F3N3. The molecule has 1 aromatic heterocycles. The number of benzene rings is 1. The Morgan fingerprint density at radius 3 is 2.29 bits per heavy atom. The number of nitrogens with one attached hydrogen (secondary N) is 1. The number of H-pyrrole nitrogens is 1. The SMILES string of the molecule is NC(c1ccc(C(F)(F)F)cc1)c1ncc[nH]1. The molecular weight excluding hydrogens is 231 g/mol. The number of nitrogens with zero attached hydrogens (tertiary/aromatic N) is 1. The summed E-state index contributed by atoms with van der Waals surface area (Å²) < 4.78 is 37.0. The molecule has 0 fully saturated rings. The lowest BCUT2D eigenvalue weighted by atomic mass is 10.0. The fourth-order valence-electron chi connectivity index (χ4n) is 1.48. The van der Waals surface area contributed by atoms with Crippen molar-refractivity contribution in [2.24, 2.45) is 5.73 Å². The van der Waals surface area contributed by atoms with Crippen LogP contribution in [0.15, 0.2) is 36.7 Å². The van der Waals surface area contributed by atoms with Gasteiger partial charge >= 0.3 is 6.18 Å². The third-order valence-corrected chi connectivity index (χ3v) is 2.41. The van der Waals surface area contributed by atoms with Crippen molar-refractivity contribution in [1.29, 1.82) is 0 Å². The molecule has 0 aliphatic heterocycles. The van der Waals surface area contributed by atoms with Crippen LogP contribution in [0.3, 0.4) is 0 Å². The van der Waals surface area contributed by atoms with E-state index in [9.17, 15) is 13.2 Å². The van der Waals surface area contributed by atoms with E-state index in [0.717, 1.165) is 12.1 Å². The molecule has 3 nitrogen and oxygen atoms in total. The second kappa shape index (κ2) is 4.21. The van der Waals surface area contributed by atoms with Crippen molar-refractivity contribution >= 4 is 0 Å². The molecule has 1 heterocycles. The Hall–Kier alpha value is -1.82. The van der Waals surface area contributed by atoms with Gasteiger partial charge in [0, 0.05) is 12.4 Å². The Morgan fingerprint density at radius 2 is 1.82 bits per heavy atom. The number of nitrogens with two attached hydrogens (primary N) is 1. The van der Waals surface area contributed by atoms with Crippen LogP contribution in [0.1, 0.15) is 23.0 Å². The molecule has 17 heavy (non-hydrogen) atoms. The highest BCUT2D eigenvalue weighted by Crippen LogP contribution is 2.30. The van der Waals surface area contributed by atoms with Gasteiger partial charge in [0.05, 0.1) is 11.6 Å². The molecule has 0 radical (unpaired) electrons. The molecule has 6 heteroatoms. The van der Waals surface area contributed by atoms with Crippen molar-refractivity contribution in [3.63, 3.8) is 0 Å². The maximum atomic E-state index is 12.3. The van der Waals surface area contributed by atoms with Crippen LogP contribution in [0.4, 0.5) is 13.2 Å². The van der Waals surface area contributed by atoms with Crippen molar-refractivity contribution in [2.45, 2.75) is 12.2 Å². The number of rotatable bonds is 2. The van der Waals surface area contributed by atoms with Crippen LogP contribution in [-0.4, -0.2) is 9.97 Å². The first-order chi connectivity index (χ1) is 7.98. The normalized spacial score (nSPS) is 13.6. The van der Waals surface area contributed by atoms with Gasteiger partial charge in [-0.25, -0.2) is 4.98 Å². The molecule has 0 saturated heterocycles. The van der Waals surface area contributed by atoms with Crippen molar-refractivity contribution < 1.29 is 13.2 Å². The van der Waals surface area contributed by atoms with Crippen molar-refractivity contribution in [3.05, 3.63) is 53.6 Å². The van der Waals surface area contributed by atoms with Crippen LogP contribution in [0.25, 0.3) is 0 Å². The lowest BCUT2D eigenvalue weighted by Gasteiger charge is -2.11. The van der Waals surface area contributed by atoms with Gasteiger partial charge in [0.1, 0.15) is 5.82 Å². The van der Waals surface area contributed by atoms with E-state index in [-0.39, 0.29) is 0 Å². The van der Waals surface area contributed by atoms with Gasteiger partial charge in [0.25, 0.3) is 0 Å². The number of hydrogen-bond acceptors (Lipinski definition) is 2. The largest absolute Gasteiger partial charge is 0.416 e. The molecule has 0 spiro atoms. The maximum Gasteiger partial charge on any atom is 0.416 e. The van der Waals surface area contributed by atoms with E-state index in [0.29, 0.717) is 11.4 Å². The Morgan fingerprint density at radius 1 is 1.18 bits per heavy atom. The predicted octanol–water partition coefficient (Wildman–Crippen LogP) is 2.48. The Labute approximate surface area is 95.5 Å². The standard InChI is InChI=1S/C11H10F3N3/c12-11(13,14)8-3-1-7(2-4-8)9(15)10-16-5-6-17-10/h1-6,9H,15H2,(H,16,17). The molecule has 1 atom stereocenters. The van der Waals surface area contributed by atoms with Crippen molar-refractivity contribution in [1.82, 2.24) is 9.97 Å². The third-order valence-electron chi connectivity index (χ3n) is 2.41. The highest BCUT2D eigenvalue weighted by molar-refractivity contribution is 5.29. The van der Waals surface area contributed by atoms with E-state index >= 15 is 0 Å². The van der Waals surface area contributed by atoms with E-state index in [4.69, 9.17) is 5.73 Å². The van der Waals surface area contributed by atoms with Crippen LogP contribution in [0, 0.1) is 0 Å². The monoisotopic (exact) mass is 241 g/mol. The number of aromatic nitrogens is 2. The first-order valence-corrected chi connectivity index (χ1v) is 4.90.